The van der Waals surface area contributed by atoms with Gasteiger partial charge in [0.25, 0.3) is 0 Å². The zero-order chi connectivity index (χ0) is 12.7. The van der Waals surface area contributed by atoms with Crippen LogP contribution < -0.4 is 5.32 Å². The molecule has 0 saturated carbocycles. The van der Waals surface area contributed by atoms with Gasteiger partial charge in [-0.05, 0) is 30.7 Å². The lowest BCUT2D eigenvalue weighted by Crippen LogP contribution is -2.28. The van der Waals surface area contributed by atoms with E-state index in [0.717, 1.165) is 12.1 Å². The highest BCUT2D eigenvalue weighted by molar-refractivity contribution is 9.10. The first kappa shape index (κ1) is 12.9. The molecular weight excluding hydrogens is 299 g/mol. The van der Waals surface area contributed by atoms with Crippen molar-refractivity contribution in [3.05, 3.63) is 33.8 Å². The predicted octanol–water partition coefficient (Wildman–Crippen LogP) is 2.65. The summed E-state index contributed by atoms with van der Waals surface area (Å²) in [6.45, 7) is 1.01. The van der Waals surface area contributed by atoms with Crippen molar-refractivity contribution < 1.29 is 18.3 Å². The second-order valence-corrected chi connectivity index (χ2v) is 5.01. The summed E-state index contributed by atoms with van der Waals surface area (Å²) in [5.41, 5.74) is -1.30. The molecule has 0 amide bonds. The Balaban J connectivity index is 2.38. The molecule has 1 heterocycles. The van der Waals surface area contributed by atoms with Crippen molar-refractivity contribution in [2.24, 2.45) is 0 Å². The molecule has 0 bridgehead atoms. The van der Waals surface area contributed by atoms with Crippen LogP contribution in [0.25, 0.3) is 0 Å². The maximum absolute atomic E-state index is 12.5. The number of hydrogen-bond acceptors (Lipinski definition) is 2. The summed E-state index contributed by atoms with van der Waals surface area (Å²) in [6.07, 6.45) is -3.87. The molecule has 1 aliphatic rings. The number of benzene rings is 1. The highest BCUT2D eigenvalue weighted by atomic mass is 79.9. The van der Waals surface area contributed by atoms with E-state index >= 15 is 0 Å². The van der Waals surface area contributed by atoms with Crippen molar-refractivity contribution >= 4 is 15.9 Å². The van der Waals surface area contributed by atoms with E-state index in [9.17, 15) is 18.3 Å². The van der Waals surface area contributed by atoms with E-state index in [4.69, 9.17) is 0 Å². The molecule has 1 aromatic carbocycles. The van der Waals surface area contributed by atoms with E-state index in [1.54, 1.807) is 0 Å². The summed E-state index contributed by atoms with van der Waals surface area (Å²) in [5.74, 6) is 0. The number of alkyl halides is 3. The Labute approximate surface area is 105 Å². The Morgan fingerprint density at radius 2 is 2.06 bits per heavy atom. The highest BCUT2D eigenvalue weighted by Gasteiger charge is 2.36. The van der Waals surface area contributed by atoms with Gasteiger partial charge in [0.2, 0.25) is 0 Å². The Hall–Kier alpha value is -0.590. The molecule has 2 rings (SSSR count). The van der Waals surface area contributed by atoms with Crippen LogP contribution in [0.3, 0.4) is 0 Å². The number of hydrogen-bond donors (Lipinski definition) is 2. The molecule has 6 heteroatoms. The van der Waals surface area contributed by atoms with Crippen molar-refractivity contribution in [2.75, 3.05) is 13.1 Å². The summed E-state index contributed by atoms with van der Waals surface area (Å²) in [4.78, 5) is 0. The Morgan fingerprint density at radius 3 is 2.53 bits per heavy atom. The number of β-amino-alcohol motifs (C(OH)–C–C–N with tert-alkyl or cyclic N) is 1. The van der Waals surface area contributed by atoms with E-state index in [-0.39, 0.29) is 0 Å². The van der Waals surface area contributed by atoms with Gasteiger partial charge in [0.1, 0.15) is 5.60 Å². The van der Waals surface area contributed by atoms with Crippen LogP contribution in [0.1, 0.15) is 17.5 Å². The van der Waals surface area contributed by atoms with Gasteiger partial charge < -0.3 is 10.4 Å². The molecule has 1 atom stereocenters. The van der Waals surface area contributed by atoms with Gasteiger partial charge in [-0.1, -0.05) is 22.0 Å². The third-order valence-corrected chi connectivity index (χ3v) is 3.59. The van der Waals surface area contributed by atoms with Gasteiger partial charge in [-0.25, -0.2) is 0 Å². The molecule has 0 radical (unpaired) electrons. The first-order valence-electron chi connectivity index (χ1n) is 5.13. The highest BCUT2D eigenvalue weighted by Crippen LogP contribution is 2.37. The molecule has 94 valence electrons. The van der Waals surface area contributed by atoms with Gasteiger partial charge in [0.05, 0.1) is 5.56 Å². The fourth-order valence-electron chi connectivity index (χ4n) is 1.98. The van der Waals surface area contributed by atoms with Crippen LogP contribution >= 0.6 is 15.9 Å². The average Bonchev–Trinajstić information content (AvgIpc) is 2.64. The van der Waals surface area contributed by atoms with Crippen LogP contribution in [0.5, 0.6) is 0 Å². The summed E-state index contributed by atoms with van der Waals surface area (Å²) in [5, 5.41) is 13.3. The monoisotopic (exact) mass is 309 g/mol. The van der Waals surface area contributed by atoms with Crippen molar-refractivity contribution in [3.63, 3.8) is 0 Å². The summed E-state index contributed by atoms with van der Waals surface area (Å²) in [7, 11) is 0. The zero-order valence-corrected chi connectivity index (χ0v) is 10.4. The molecule has 1 fully saturated rings. The Kier molecular flexibility index (Phi) is 3.22. The number of halogens is 4. The van der Waals surface area contributed by atoms with E-state index < -0.39 is 17.3 Å². The molecular formula is C11H11BrF3NO. The van der Waals surface area contributed by atoms with Gasteiger partial charge in [0, 0.05) is 11.0 Å². The molecule has 1 aromatic rings. The quantitative estimate of drug-likeness (QED) is 0.836. The topological polar surface area (TPSA) is 32.3 Å². The maximum atomic E-state index is 12.5. The normalized spacial score (nSPS) is 25.2. The molecule has 0 spiro atoms. The van der Waals surface area contributed by atoms with Gasteiger partial charge in [-0.15, -0.1) is 0 Å². The minimum absolute atomic E-state index is 0.290. The van der Waals surface area contributed by atoms with E-state index in [2.05, 4.69) is 21.2 Å². The number of aliphatic hydroxyl groups is 1. The van der Waals surface area contributed by atoms with Gasteiger partial charge in [0.15, 0.2) is 0 Å². The van der Waals surface area contributed by atoms with E-state index in [1.165, 1.54) is 6.07 Å². The number of nitrogens with one attached hydrogen (secondary N) is 1. The zero-order valence-electron chi connectivity index (χ0n) is 8.81. The Morgan fingerprint density at radius 1 is 1.35 bits per heavy atom. The standard InChI is InChI=1S/C11H11BrF3NO/c12-9-5-7(11(13,14)15)1-2-8(9)10(17)3-4-16-6-10/h1-2,5,16-17H,3-4,6H2. The largest absolute Gasteiger partial charge is 0.416 e. The van der Waals surface area contributed by atoms with E-state index in [1.807, 2.05) is 0 Å². The lowest BCUT2D eigenvalue weighted by molar-refractivity contribution is -0.137. The van der Waals surface area contributed by atoms with Gasteiger partial charge in [-0.3, -0.25) is 0 Å². The summed E-state index contributed by atoms with van der Waals surface area (Å²) < 4.78 is 37.7. The smallest absolute Gasteiger partial charge is 0.384 e. The van der Waals surface area contributed by atoms with Crippen LogP contribution in [0, 0.1) is 0 Å². The fraction of sp³-hybridized carbons (Fsp3) is 0.455. The van der Waals surface area contributed by atoms with Crippen LogP contribution in [-0.4, -0.2) is 18.2 Å². The molecule has 1 unspecified atom stereocenters. The minimum Gasteiger partial charge on any atom is -0.384 e. The lowest BCUT2D eigenvalue weighted by Gasteiger charge is -2.24. The molecule has 2 N–H and O–H groups in total. The molecule has 17 heavy (non-hydrogen) atoms. The van der Waals surface area contributed by atoms with Crippen LogP contribution in [0.4, 0.5) is 13.2 Å². The van der Waals surface area contributed by atoms with Crippen LogP contribution in [0.15, 0.2) is 22.7 Å². The van der Waals surface area contributed by atoms with Crippen LogP contribution in [0.2, 0.25) is 0 Å². The van der Waals surface area contributed by atoms with Gasteiger partial charge in [-0.2, -0.15) is 13.2 Å². The predicted molar refractivity (Wildman–Crippen MR) is 60.5 cm³/mol. The number of rotatable bonds is 1. The fourth-order valence-corrected chi connectivity index (χ4v) is 2.73. The molecule has 0 aromatic heterocycles. The molecule has 1 aliphatic heterocycles. The minimum atomic E-state index is -4.36. The van der Waals surface area contributed by atoms with Crippen molar-refractivity contribution in [3.8, 4) is 0 Å². The average molecular weight is 310 g/mol. The maximum Gasteiger partial charge on any atom is 0.416 e. The van der Waals surface area contributed by atoms with Crippen LogP contribution in [-0.2, 0) is 11.8 Å². The second-order valence-electron chi connectivity index (χ2n) is 4.15. The van der Waals surface area contributed by atoms with Crippen molar-refractivity contribution in [2.45, 2.75) is 18.2 Å². The molecule has 1 saturated heterocycles. The Bertz CT molecular complexity index is 427. The second kappa shape index (κ2) is 4.26. The third-order valence-electron chi connectivity index (χ3n) is 2.93. The SMILES string of the molecule is OC1(c2ccc(C(F)(F)F)cc2Br)CCNC1. The van der Waals surface area contributed by atoms with E-state index in [0.29, 0.717) is 29.5 Å². The summed E-state index contributed by atoms with van der Waals surface area (Å²) in [6, 6.07) is 3.34. The molecule has 2 nitrogen and oxygen atoms in total. The lowest BCUT2D eigenvalue weighted by atomic mass is 9.92. The van der Waals surface area contributed by atoms with Crippen molar-refractivity contribution in [1.82, 2.24) is 5.32 Å². The first-order chi connectivity index (χ1) is 7.83. The first-order valence-corrected chi connectivity index (χ1v) is 5.92. The summed E-state index contributed by atoms with van der Waals surface area (Å²) >= 11 is 3.10. The third kappa shape index (κ3) is 2.48. The molecule has 0 aliphatic carbocycles. The van der Waals surface area contributed by atoms with Crippen molar-refractivity contribution in [1.29, 1.82) is 0 Å². The van der Waals surface area contributed by atoms with Gasteiger partial charge >= 0.3 is 6.18 Å².